The van der Waals surface area contributed by atoms with Crippen LogP contribution in [0.5, 0.6) is 0 Å². The van der Waals surface area contributed by atoms with E-state index in [1.165, 1.54) is 52.1 Å². The average molecular weight is 380 g/mol. The van der Waals surface area contributed by atoms with Crippen molar-refractivity contribution >= 4 is 17.6 Å². The molecule has 1 fully saturated rings. The van der Waals surface area contributed by atoms with Gasteiger partial charge in [-0.1, -0.05) is 30.7 Å². The lowest BCUT2D eigenvalue weighted by atomic mass is 10.2. The van der Waals surface area contributed by atoms with E-state index >= 15 is 0 Å². The minimum absolute atomic E-state index is 0.661. The highest BCUT2D eigenvalue weighted by Crippen LogP contribution is 2.10. The Labute approximate surface area is 163 Å². The van der Waals surface area contributed by atoms with E-state index in [1.807, 2.05) is 24.3 Å². The van der Waals surface area contributed by atoms with Gasteiger partial charge in [0.1, 0.15) is 0 Å². The number of nitrogens with one attached hydrogen (secondary N) is 2. The Balaban J connectivity index is 1.63. The van der Waals surface area contributed by atoms with Crippen LogP contribution in [0, 0.1) is 0 Å². The Morgan fingerprint density at radius 1 is 1.00 bits per heavy atom. The van der Waals surface area contributed by atoms with Crippen molar-refractivity contribution in [3.8, 4) is 0 Å². The van der Waals surface area contributed by atoms with Crippen molar-refractivity contribution in [2.75, 3.05) is 52.4 Å². The van der Waals surface area contributed by atoms with Crippen LogP contribution in [0.15, 0.2) is 29.3 Å². The third-order valence-corrected chi connectivity index (χ3v) is 5.03. The second-order valence-electron chi connectivity index (χ2n) is 6.73. The summed E-state index contributed by atoms with van der Waals surface area (Å²) >= 11 is 5.93. The molecule has 1 aliphatic heterocycles. The number of rotatable bonds is 9. The lowest BCUT2D eigenvalue weighted by Crippen LogP contribution is -2.46. The number of likely N-dealkylation sites (N-methyl/N-ethyl adjacent to an activating group) is 1. The molecule has 146 valence electrons. The molecule has 5 nitrogen and oxygen atoms in total. The molecule has 6 heteroatoms. The van der Waals surface area contributed by atoms with Crippen molar-refractivity contribution in [2.24, 2.45) is 4.99 Å². The van der Waals surface area contributed by atoms with Crippen molar-refractivity contribution < 1.29 is 0 Å². The summed E-state index contributed by atoms with van der Waals surface area (Å²) in [6.07, 6.45) is 2.40. The summed E-state index contributed by atoms with van der Waals surface area (Å²) in [7, 11) is 0. The zero-order valence-corrected chi connectivity index (χ0v) is 17.1. The van der Waals surface area contributed by atoms with Gasteiger partial charge >= 0.3 is 0 Å². The smallest absolute Gasteiger partial charge is 0.191 e. The van der Waals surface area contributed by atoms with Crippen LogP contribution in [0.25, 0.3) is 0 Å². The minimum Gasteiger partial charge on any atom is -0.357 e. The van der Waals surface area contributed by atoms with Gasteiger partial charge in [-0.15, -0.1) is 0 Å². The van der Waals surface area contributed by atoms with Crippen molar-refractivity contribution in [3.05, 3.63) is 34.9 Å². The van der Waals surface area contributed by atoms with E-state index in [0.29, 0.717) is 6.54 Å². The van der Waals surface area contributed by atoms with Crippen molar-refractivity contribution in [2.45, 2.75) is 33.2 Å². The zero-order valence-electron chi connectivity index (χ0n) is 16.3. The number of piperazine rings is 1. The largest absolute Gasteiger partial charge is 0.357 e. The van der Waals surface area contributed by atoms with Crippen molar-refractivity contribution in [1.29, 1.82) is 0 Å². The number of hydrogen-bond acceptors (Lipinski definition) is 3. The molecule has 0 spiro atoms. The van der Waals surface area contributed by atoms with Crippen molar-refractivity contribution in [1.82, 2.24) is 20.4 Å². The highest BCUT2D eigenvalue weighted by molar-refractivity contribution is 6.30. The van der Waals surface area contributed by atoms with Gasteiger partial charge in [-0.2, -0.15) is 0 Å². The summed E-state index contributed by atoms with van der Waals surface area (Å²) in [4.78, 5) is 9.77. The SMILES string of the molecule is CCNC(=NCc1ccc(Cl)cc1)NCCCCN1CCN(CC)CC1. The van der Waals surface area contributed by atoms with Crippen LogP contribution in [0.4, 0.5) is 0 Å². The lowest BCUT2D eigenvalue weighted by Gasteiger charge is -2.34. The van der Waals surface area contributed by atoms with Crippen LogP contribution in [-0.2, 0) is 6.54 Å². The molecule has 1 heterocycles. The van der Waals surface area contributed by atoms with Gasteiger partial charge < -0.3 is 20.4 Å². The molecule has 0 unspecified atom stereocenters. The average Bonchev–Trinajstić information content (AvgIpc) is 2.67. The number of aliphatic imine (C=N–C) groups is 1. The highest BCUT2D eigenvalue weighted by atomic mass is 35.5. The van der Waals surface area contributed by atoms with E-state index in [1.54, 1.807) is 0 Å². The summed E-state index contributed by atoms with van der Waals surface area (Å²) in [5.41, 5.74) is 1.16. The first kappa shape index (κ1) is 21.0. The molecular weight excluding hydrogens is 346 g/mol. The zero-order chi connectivity index (χ0) is 18.6. The monoisotopic (exact) mass is 379 g/mol. The Bertz CT molecular complexity index is 524. The van der Waals surface area contributed by atoms with Gasteiger partial charge in [0.2, 0.25) is 0 Å². The fourth-order valence-electron chi connectivity index (χ4n) is 3.10. The van der Waals surface area contributed by atoms with Crippen LogP contribution >= 0.6 is 11.6 Å². The molecule has 0 bridgehead atoms. The molecular formula is C20H34ClN5. The van der Waals surface area contributed by atoms with Crippen LogP contribution in [0.2, 0.25) is 5.02 Å². The predicted octanol–water partition coefficient (Wildman–Crippen LogP) is 2.81. The molecule has 0 aliphatic carbocycles. The van der Waals surface area contributed by atoms with Gasteiger partial charge in [-0.3, -0.25) is 0 Å². The van der Waals surface area contributed by atoms with E-state index in [2.05, 4.69) is 39.3 Å². The maximum absolute atomic E-state index is 5.93. The normalized spacial score (nSPS) is 16.7. The summed E-state index contributed by atoms with van der Waals surface area (Å²) in [5, 5.41) is 7.52. The lowest BCUT2D eigenvalue weighted by molar-refractivity contribution is 0.136. The van der Waals surface area contributed by atoms with Gasteiger partial charge in [0.05, 0.1) is 6.54 Å². The van der Waals surface area contributed by atoms with Gasteiger partial charge in [0.25, 0.3) is 0 Å². The van der Waals surface area contributed by atoms with Gasteiger partial charge in [-0.25, -0.2) is 4.99 Å². The molecule has 1 aliphatic rings. The fourth-order valence-corrected chi connectivity index (χ4v) is 3.22. The summed E-state index contributed by atoms with van der Waals surface area (Å²) in [6, 6.07) is 7.86. The molecule has 1 aromatic carbocycles. The molecule has 2 N–H and O–H groups in total. The van der Waals surface area contributed by atoms with Crippen LogP contribution in [0.3, 0.4) is 0 Å². The van der Waals surface area contributed by atoms with Crippen LogP contribution in [-0.4, -0.2) is 68.1 Å². The maximum Gasteiger partial charge on any atom is 0.191 e. The third kappa shape index (κ3) is 7.94. The second kappa shape index (κ2) is 12.2. The van der Waals surface area contributed by atoms with E-state index in [-0.39, 0.29) is 0 Å². The first-order valence-corrected chi connectivity index (χ1v) is 10.3. The Morgan fingerprint density at radius 2 is 1.69 bits per heavy atom. The Morgan fingerprint density at radius 3 is 2.35 bits per heavy atom. The Kier molecular flexibility index (Phi) is 9.82. The predicted molar refractivity (Wildman–Crippen MR) is 112 cm³/mol. The van der Waals surface area contributed by atoms with Gasteiger partial charge in [0.15, 0.2) is 5.96 Å². The summed E-state index contributed by atoms with van der Waals surface area (Å²) < 4.78 is 0. The van der Waals surface area contributed by atoms with Gasteiger partial charge in [-0.05, 0) is 50.6 Å². The minimum atomic E-state index is 0.661. The number of benzene rings is 1. The second-order valence-corrected chi connectivity index (χ2v) is 7.17. The van der Waals surface area contributed by atoms with Gasteiger partial charge in [0, 0.05) is 44.3 Å². The molecule has 0 amide bonds. The van der Waals surface area contributed by atoms with E-state index in [0.717, 1.165) is 29.6 Å². The van der Waals surface area contributed by atoms with E-state index in [4.69, 9.17) is 11.6 Å². The van der Waals surface area contributed by atoms with Crippen molar-refractivity contribution in [3.63, 3.8) is 0 Å². The molecule has 0 saturated carbocycles. The first-order valence-electron chi connectivity index (χ1n) is 9.92. The molecule has 0 aromatic heterocycles. The first-order chi connectivity index (χ1) is 12.7. The molecule has 0 radical (unpaired) electrons. The summed E-state index contributed by atoms with van der Waals surface area (Å²) in [6.45, 7) is 14.1. The number of halogens is 1. The standard InChI is InChI=1S/C20H34ClN5/c1-3-22-20(24-17-18-7-9-19(21)10-8-18)23-11-5-6-12-26-15-13-25(4-2)14-16-26/h7-10H,3-6,11-17H2,1-2H3,(H2,22,23,24). The number of nitrogens with zero attached hydrogens (tertiary/aromatic N) is 3. The quantitative estimate of drug-likeness (QED) is 0.393. The molecule has 0 atom stereocenters. The number of unbranched alkanes of at least 4 members (excludes halogenated alkanes) is 1. The van der Waals surface area contributed by atoms with Crippen LogP contribution < -0.4 is 10.6 Å². The maximum atomic E-state index is 5.93. The van der Waals surface area contributed by atoms with E-state index in [9.17, 15) is 0 Å². The molecule has 1 saturated heterocycles. The summed E-state index contributed by atoms with van der Waals surface area (Å²) in [5.74, 6) is 0.888. The topological polar surface area (TPSA) is 42.9 Å². The number of guanidine groups is 1. The van der Waals surface area contributed by atoms with E-state index < -0.39 is 0 Å². The van der Waals surface area contributed by atoms with Crippen LogP contribution in [0.1, 0.15) is 32.3 Å². The molecule has 26 heavy (non-hydrogen) atoms. The molecule has 1 aromatic rings. The fraction of sp³-hybridized carbons (Fsp3) is 0.650. The molecule has 2 rings (SSSR count). The number of hydrogen-bond donors (Lipinski definition) is 2. The third-order valence-electron chi connectivity index (χ3n) is 4.78. The Hall–Kier alpha value is -1.30. The highest BCUT2D eigenvalue weighted by Gasteiger charge is 2.14.